The highest BCUT2D eigenvalue weighted by Gasteiger charge is 2.14. The third kappa shape index (κ3) is 12.6. The minimum atomic E-state index is -0.536. The van der Waals surface area contributed by atoms with Crippen LogP contribution in [0.1, 0.15) is 88.0 Å². The first-order valence-electron chi connectivity index (χ1n) is 16.9. The van der Waals surface area contributed by atoms with Crippen LogP contribution >= 0.6 is 11.3 Å². The second-order valence-electron chi connectivity index (χ2n) is 11.6. The molecule has 1 aromatic heterocycles. The topological polar surface area (TPSA) is 112 Å². The number of hydrazone groups is 1. The molecular weight excluding hydrogens is 642 g/mol. The molecule has 4 aromatic rings. The van der Waals surface area contributed by atoms with Gasteiger partial charge in [-0.25, -0.2) is 19.7 Å². The van der Waals surface area contributed by atoms with Crippen LogP contribution in [0.5, 0.6) is 11.5 Å². The number of para-hydroxylation sites is 1. The average Bonchev–Trinajstić information content (AvgIpc) is 3.57. The Hall–Kier alpha value is -4.29. The van der Waals surface area contributed by atoms with Crippen molar-refractivity contribution in [2.75, 3.05) is 24.8 Å². The van der Waals surface area contributed by atoms with E-state index in [9.17, 15) is 10.1 Å². The molecule has 0 fully saturated rings. The van der Waals surface area contributed by atoms with E-state index in [0.717, 1.165) is 83.7 Å². The average molecular weight is 690 g/mol. The molecular formula is C38H47N3O7S. The number of fused-ring (bicyclic) bond motifs is 1. The molecule has 0 bridgehead atoms. The van der Waals surface area contributed by atoms with E-state index in [0.29, 0.717) is 24.5 Å². The van der Waals surface area contributed by atoms with Gasteiger partial charge in [-0.1, -0.05) is 74.4 Å². The zero-order chi connectivity index (χ0) is 34.7. The second-order valence-corrected chi connectivity index (χ2v) is 12.6. The lowest BCUT2D eigenvalue weighted by Crippen LogP contribution is -2.18. The maximum atomic E-state index is 11.1. The molecule has 262 valence electrons. The van der Waals surface area contributed by atoms with Gasteiger partial charge >= 0.3 is 5.97 Å². The zero-order valence-corrected chi connectivity index (χ0v) is 29.2. The van der Waals surface area contributed by atoms with Gasteiger partial charge in [0.2, 0.25) is 5.13 Å². The van der Waals surface area contributed by atoms with Crippen LogP contribution in [0, 0.1) is 0 Å². The number of nitrogens with zero attached hydrogens (tertiary/aromatic N) is 3. The third-order valence-corrected chi connectivity index (χ3v) is 8.79. The molecule has 0 saturated carbocycles. The predicted molar refractivity (Wildman–Crippen MR) is 194 cm³/mol. The van der Waals surface area contributed by atoms with Crippen LogP contribution in [0.4, 0.5) is 5.13 Å². The molecule has 0 aliphatic heterocycles. The van der Waals surface area contributed by atoms with Gasteiger partial charge in [0.05, 0.1) is 29.6 Å². The predicted octanol–water partition coefficient (Wildman–Crippen LogP) is 9.45. The Labute approximate surface area is 292 Å². The van der Waals surface area contributed by atoms with Crippen LogP contribution in [-0.2, 0) is 25.9 Å². The fourth-order valence-electron chi connectivity index (χ4n) is 4.87. The number of carbonyl (C=O) groups is 1. The maximum Gasteiger partial charge on any atom is 0.330 e. The minimum absolute atomic E-state index is 0.223. The van der Waals surface area contributed by atoms with Crippen LogP contribution in [0.3, 0.4) is 0 Å². The SMILES string of the molecule is C=CC(=O)OCCCCCCOc1ccc(COOc2ccc(C(C)OO)cc2/C=N/N(CCCCCC)c2nc3ccccc3s2)cc1. The van der Waals surface area contributed by atoms with Gasteiger partial charge in [-0.2, -0.15) is 9.99 Å². The summed E-state index contributed by atoms with van der Waals surface area (Å²) in [5.41, 5.74) is 3.30. The molecule has 0 saturated heterocycles. The Morgan fingerprint density at radius 2 is 1.78 bits per heavy atom. The normalized spacial score (nSPS) is 11.9. The number of hydrogen-bond donors (Lipinski definition) is 1. The fourth-order valence-corrected chi connectivity index (χ4v) is 5.82. The summed E-state index contributed by atoms with van der Waals surface area (Å²) in [5.74, 6) is 0.881. The summed E-state index contributed by atoms with van der Waals surface area (Å²) >= 11 is 1.61. The molecule has 0 aliphatic rings. The smallest absolute Gasteiger partial charge is 0.330 e. The van der Waals surface area contributed by atoms with Crippen molar-refractivity contribution in [1.82, 2.24) is 4.98 Å². The van der Waals surface area contributed by atoms with Crippen LogP contribution < -0.4 is 14.6 Å². The summed E-state index contributed by atoms with van der Waals surface area (Å²) in [4.78, 5) is 31.9. The fraction of sp³-hybridized carbons (Fsp3) is 0.395. The van der Waals surface area contributed by atoms with E-state index in [4.69, 9.17) is 29.3 Å². The van der Waals surface area contributed by atoms with Gasteiger partial charge in [-0.15, -0.1) is 0 Å². The lowest BCUT2D eigenvalue weighted by molar-refractivity contribution is -0.277. The van der Waals surface area contributed by atoms with E-state index in [1.807, 2.05) is 59.6 Å². The summed E-state index contributed by atoms with van der Waals surface area (Å²) in [6.45, 7) is 9.32. The van der Waals surface area contributed by atoms with Crippen molar-refractivity contribution < 1.29 is 34.2 Å². The molecule has 1 unspecified atom stereocenters. The first-order valence-corrected chi connectivity index (χ1v) is 17.7. The molecule has 0 amide bonds. The number of carbonyl (C=O) groups excluding carboxylic acids is 1. The van der Waals surface area contributed by atoms with Gasteiger partial charge in [0.1, 0.15) is 18.5 Å². The quantitative estimate of drug-likeness (QED) is 0.0203. The number of esters is 1. The maximum absolute atomic E-state index is 11.1. The molecule has 3 aromatic carbocycles. The number of unbranched alkanes of at least 4 members (excludes halogenated alkanes) is 6. The third-order valence-electron chi connectivity index (χ3n) is 7.74. The van der Waals surface area contributed by atoms with Crippen molar-refractivity contribution in [3.8, 4) is 11.5 Å². The lowest BCUT2D eigenvalue weighted by atomic mass is 10.1. The Morgan fingerprint density at radius 3 is 2.53 bits per heavy atom. The Bertz CT molecular complexity index is 1580. The monoisotopic (exact) mass is 689 g/mol. The minimum Gasteiger partial charge on any atom is -0.494 e. The molecule has 10 nitrogen and oxygen atoms in total. The number of benzene rings is 3. The molecule has 1 atom stereocenters. The van der Waals surface area contributed by atoms with Gasteiger partial charge in [-0.3, -0.25) is 5.26 Å². The highest BCUT2D eigenvalue weighted by Crippen LogP contribution is 2.30. The van der Waals surface area contributed by atoms with E-state index >= 15 is 0 Å². The zero-order valence-electron chi connectivity index (χ0n) is 28.4. The standard InChI is InChI=1S/C38H47N3O7S/c1-4-6-7-12-23-41(38-40-34-15-10-11-16-36(34)49-38)39-27-32-26-31(29(3)47-43)19-22-35(32)48-46-28-30-17-20-33(21-18-30)44-24-13-8-9-14-25-45-37(42)5-2/h5,10-11,15-22,26-27,29,43H,2,4,6-9,12-14,23-25,28H2,1,3H3/b39-27+. The highest BCUT2D eigenvalue weighted by molar-refractivity contribution is 7.22. The van der Waals surface area contributed by atoms with E-state index in [-0.39, 0.29) is 12.6 Å². The number of thiazole rings is 1. The number of anilines is 1. The van der Waals surface area contributed by atoms with Crippen molar-refractivity contribution >= 4 is 38.9 Å². The van der Waals surface area contributed by atoms with Gasteiger partial charge in [-0.05, 0) is 86.6 Å². The number of ether oxygens (including phenoxy) is 2. The van der Waals surface area contributed by atoms with Gasteiger partial charge in [0.15, 0.2) is 5.75 Å². The van der Waals surface area contributed by atoms with E-state index in [1.54, 1.807) is 30.5 Å². The van der Waals surface area contributed by atoms with E-state index in [1.165, 1.54) is 12.5 Å². The molecule has 4 rings (SSSR count). The molecule has 0 aliphatic carbocycles. The van der Waals surface area contributed by atoms with Crippen LogP contribution in [0.25, 0.3) is 10.2 Å². The van der Waals surface area contributed by atoms with Crippen LogP contribution in [0.15, 0.2) is 84.5 Å². The van der Waals surface area contributed by atoms with Crippen LogP contribution in [-0.4, -0.2) is 42.2 Å². The van der Waals surface area contributed by atoms with Crippen LogP contribution in [0.2, 0.25) is 0 Å². The van der Waals surface area contributed by atoms with E-state index < -0.39 is 6.10 Å². The van der Waals surface area contributed by atoms with Crippen molar-refractivity contribution in [2.45, 2.75) is 77.9 Å². The number of hydrogen-bond acceptors (Lipinski definition) is 11. The Kier molecular flexibility index (Phi) is 16.0. The molecule has 0 radical (unpaired) electrons. The largest absolute Gasteiger partial charge is 0.494 e. The molecule has 0 spiro atoms. The summed E-state index contributed by atoms with van der Waals surface area (Å²) < 4.78 is 12.0. The Morgan fingerprint density at radius 1 is 1.00 bits per heavy atom. The molecule has 11 heteroatoms. The summed E-state index contributed by atoms with van der Waals surface area (Å²) in [6.07, 6.45) is 10.5. The van der Waals surface area contributed by atoms with Crippen molar-refractivity contribution in [1.29, 1.82) is 0 Å². The van der Waals surface area contributed by atoms with Gasteiger partial charge in [0, 0.05) is 18.2 Å². The van der Waals surface area contributed by atoms with Crippen molar-refractivity contribution in [2.24, 2.45) is 5.10 Å². The summed E-state index contributed by atoms with van der Waals surface area (Å²) in [6, 6.07) is 21.2. The second kappa shape index (κ2) is 20.9. The summed E-state index contributed by atoms with van der Waals surface area (Å²) in [5, 5.41) is 16.9. The lowest BCUT2D eigenvalue weighted by Gasteiger charge is -2.16. The van der Waals surface area contributed by atoms with Crippen molar-refractivity contribution in [3.05, 3.63) is 96.1 Å². The number of rotatable bonds is 23. The van der Waals surface area contributed by atoms with E-state index in [2.05, 4.69) is 24.5 Å². The highest BCUT2D eigenvalue weighted by atomic mass is 32.1. The first-order chi connectivity index (χ1) is 24.0. The first kappa shape index (κ1) is 37.5. The van der Waals surface area contributed by atoms with Gasteiger partial charge < -0.3 is 14.4 Å². The molecule has 1 heterocycles. The molecule has 49 heavy (non-hydrogen) atoms. The van der Waals surface area contributed by atoms with Gasteiger partial charge in [0.25, 0.3) is 0 Å². The molecule has 1 N–H and O–H groups in total. The number of aromatic nitrogens is 1. The van der Waals surface area contributed by atoms with Crippen molar-refractivity contribution in [3.63, 3.8) is 0 Å². The summed E-state index contributed by atoms with van der Waals surface area (Å²) in [7, 11) is 0. The Balaban J connectivity index is 1.34.